The number of hydrogen-bond donors (Lipinski definition) is 1. The molecule has 0 saturated carbocycles. The van der Waals surface area contributed by atoms with Crippen LogP contribution in [0.25, 0.3) is 0 Å². The summed E-state index contributed by atoms with van der Waals surface area (Å²) in [6, 6.07) is 15.1. The van der Waals surface area contributed by atoms with E-state index in [1.165, 1.54) is 33.4 Å². The van der Waals surface area contributed by atoms with Crippen LogP contribution in [0.3, 0.4) is 0 Å². The minimum absolute atomic E-state index is 0.303. The van der Waals surface area contributed by atoms with Crippen LogP contribution >= 0.6 is 15.9 Å². The van der Waals surface area contributed by atoms with Crippen molar-refractivity contribution < 1.29 is 33.3 Å². The number of rotatable bonds is 7. The average Bonchev–Trinajstić information content (AvgIpc) is 3.47. The summed E-state index contributed by atoms with van der Waals surface area (Å²) in [5.74, 6) is -1.02. The van der Waals surface area contributed by atoms with Crippen LogP contribution in [0.2, 0.25) is 0 Å². The van der Waals surface area contributed by atoms with Crippen molar-refractivity contribution >= 4 is 39.3 Å². The molecule has 0 bridgehead atoms. The van der Waals surface area contributed by atoms with Crippen LogP contribution in [0.5, 0.6) is 23.0 Å². The maximum absolute atomic E-state index is 14.1. The zero-order chi connectivity index (χ0) is 27.8. The molecule has 3 atom stereocenters. The number of anilines is 1. The van der Waals surface area contributed by atoms with E-state index >= 15 is 0 Å². The molecule has 11 heteroatoms. The Kier molecular flexibility index (Phi) is 7.19. The number of imide groups is 1. The van der Waals surface area contributed by atoms with Gasteiger partial charge in [0.25, 0.3) is 11.8 Å². The summed E-state index contributed by atoms with van der Waals surface area (Å²) in [7, 11) is 5.92. The molecule has 3 aromatic rings. The molecule has 3 amide bonds. The molecule has 0 radical (unpaired) electrons. The van der Waals surface area contributed by atoms with E-state index in [4.69, 9.17) is 18.9 Å². The van der Waals surface area contributed by atoms with E-state index in [9.17, 15) is 14.4 Å². The summed E-state index contributed by atoms with van der Waals surface area (Å²) in [6.45, 7) is 0. The Balaban J connectivity index is 1.66. The number of benzene rings is 3. The van der Waals surface area contributed by atoms with Crippen LogP contribution in [-0.2, 0) is 9.59 Å². The van der Waals surface area contributed by atoms with E-state index in [2.05, 4.69) is 21.4 Å². The first-order chi connectivity index (χ1) is 18.9. The van der Waals surface area contributed by atoms with Gasteiger partial charge in [-0.3, -0.25) is 19.4 Å². The van der Waals surface area contributed by atoms with Crippen LogP contribution < -0.4 is 29.3 Å². The number of halogens is 1. The summed E-state index contributed by atoms with van der Waals surface area (Å²) in [5.41, 5.74) is 4.31. The number of hydrogen-bond acceptors (Lipinski definition) is 8. The first-order valence-electron chi connectivity index (χ1n) is 12.0. The standard InChI is InChI=1S/C28H26BrN3O7/c1-36-19-11-6-5-10-18(19)31-27(34)21-22(17-12-13-20(37-2)25(39-4)24(17)38-3)30-32(23(21)28(31)35)26(33)15-8-7-9-16(29)14-15/h5-14,21-23,30H,1-4H3/t21-,22+,23-/m1/s1. The molecule has 2 aliphatic heterocycles. The Morgan fingerprint density at radius 2 is 1.54 bits per heavy atom. The first-order valence-corrected chi connectivity index (χ1v) is 12.8. The molecule has 2 aliphatic rings. The minimum atomic E-state index is -1.13. The molecular formula is C28H26BrN3O7. The molecule has 2 saturated heterocycles. The first kappa shape index (κ1) is 26.5. The second kappa shape index (κ2) is 10.6. The van der Waals surface area contributed by atoms with Gasteiger partial charge in [-0.25, -0.2) is 10.3 Å². The van der Waals surface area contributed by atoms with E-state index in [-0.39, 0.29) is 0 Å². The van der Waals surface area contributed by atoms with Gasteiger partial charge in [-0.15, -0.1) is 0 Å². The molecule has 0 aliphatic carbocycles. The SMILES string of the molecule is COc1ccccc1N1C(=O)[C@@H]2[C@H](c3ccc(OC)c(OC)c3OC)NN(C(=O)c3cccc(Br)c3)[C@H]2C1=O. The molecule has 39 heavy (non-hydrogen) atoms. The minimum Gasteiger partial charge on any atom is -0.495 e. The topological polar surface area (TPSA) is 107 Å². The Bertz CT molecular complexity index is 1460. The van der Waals surface area contributed by atoms with Crippen LogP contribution in [-0.4, -0.2) is 57.2 Å². The van der Waals surface area contributed by atoms with Gasteiger partial charge in [0, 0.05) is 15.6 Å². The van der Waals surface area contributed by atoms with Gasteiger partial charge in [-0.05, 0) is 42.5 Å². The maximum atomic E-state index is 14.1. The molecular weight excluding hydrogens is 570 g/mol. The van der Waals surface area contributed by atoms with Crippen LogP contribution in [0.15, 0.2) is 65.1 Å². The maximum Gasteiger partial charge on any atom is 0.268 e. The fraction of sp³-hybridized carbons (Fsp3) is 0.250. The third-order valence-corrected chi connectivity index (χ3v) is 7.41. The van der Waals surface area contributed by atoms with E-state index in [1.807, 2.05) is 0 Å². The van der Waals surface area contributed by atoms with Crippen molar-refractivity contribution in [2.75, 3.05) is 33.3 Å². The summed E-state index contributed by atoms with van der Waals surface area (Å²) in [4.78, 5) is 42.9. The number of nitrogens with one attached hydrogen (secondary N) is 1. The van der Waals surface area contributed by atoms with Crippen LogP contribution in [0.4, 0.5) is 5.69 Å². The summed E-state index contributed by atoms with van der Waals surface area (Å²) in [5, 5.41) is 1.24. The molecule has 0 spiro atoms. The number of fused-ring (bicyclic) bond motifs is 1. The lowest BCUT2D eigenvalue weighted by atomic mass is 9.90. The highest BCUT2D eigenvalue weighted by Crippen LogP contribution is 2.49. The molecule has 2 heterocycles. The highest BCUT2D eigenvalue weighted by atomic mass is 79.9. The number of ether oxygens (including phenoxy) is 4. The Morgan fingerprint density at radius 3 is 2.21 bits per heavy atom. The molecule has 5 rings (SSSR count). The zero-order valence-electron chi connectivity index (χ0n) is 21.6. The number of para-hydroxylation sites is 2. The molecule has 3 aromatic carbocycles. The van der Waals surface area contributed by atoms with E-state index in [0.29, 0.717) is 44.3 Å². The Hall–Kier alpha value is -4.09. The molecule has 0 unspecified atom stereocenters. The second-order valence-corrected chi connectivity index (χ2v) is 9.79. The van der Waals surface area contributed by atoms with Crippen LogP contribution in [0, 0.1) is 5.92 Å². The fourth-order valence-electron chi connectivity index (χ4n) is 5.21. The third-order valence-electron chi connectivity index (χ3n) is 6.92. The highest BCUT2D eigenvalue weighted by molar-refractivity contribution is 9.10. The van der Waals surface area contributed by atoms with Gasteiger partial charge in [-0.2, -0.15) is 0 Å². The van der Waals surface area contributed by atoms with Crippen molar-refractivity contribution in [3.63, 3.8) is 0 Å². The summed E-state index contributed by atoms with van der Waals surface area (Å²) >= 11 is 3.39. The van der Waals surface area contributed by atoms with Gasteiger partial charge < -0.3 is 18.9 Å². The van der Waals surface area contributed by atoms with Crippen molar-refractivity contribution in [2.45, 2.75) is 12.1 Å². The quantitative estimate of drug-likeness (QED) is 0.412. The van der Waals surface area contributed by atoms with Crippen molar-refractivity contribution in [3.05, 3.63) is 76.3 Å². The third kappa shape index (κ3) is 4.27. The zero-order valence-corrected chi connectivity index (χ0v) is 23.2. The average molecular weight is 596 g/mol. The van der Waals surface area contributed by atoms with Gasteiger partial charge >= 0.3 is 0 Å². The predicted octanol–water partition coefficient (Wildman–Crippen LogP) is 3.74. The molecule has 202 valence electrons. The number of carbonyl (C=O) groups excluding carboxylic acids is 3. The van der Waals surface area contributed by atoms with Gasteiger partial charge in [0.1, 0.15) is 11.8 Å². The normalized spacial score (nSPS) is 20.2. The number of carbonyl (C=O) groups is 3. The predicted molar refractivity (Wildman–Crippen MR) is 145 cm³/mol. The van der Waals surface area contributed by atoms with Crippen molar-refractivity contribution in [1.29, 1.82) is 0 Å². The lowest BCUT2D eigenvalue weighted by Crippen LogP contribution is -2.48. The molecule has 0 aromatic heterocycles. The second-order valence-electron chi connectivity index (χ2n) is 8.87. The van der Waals surface area contributed by atoms with Gasteiger partial charge in [0.05, 0.1) is 46.1 Å². The fourth-order valence-corrected chi connectivity index (χ4v) is 5.61. The van der Waals surface area contributed by atoms with Gasteiger partial charge in [0.2, 0.25) is 11.7 Å². The smallest absolute Gasteiger partial charge is 0.268 e. The summed E-state index contributed by atoms with van der Waals surface area (Å²) < 4.78 is 22.8. The van der Waals surface area contributed by atoms with Crippen molar-refractivity contribution in [1.82, 2.24) is 10.4 Å². The number of nitrogens with zero attached hydrogens (tertiary/aromatic N) is 2. The lowest BCUT2D eigenvalue weighted by molar-refractivity contribution is -0.123. The number of methoxy groups -OCH3 is 4. The van der Waals surface area contributed by atoms with E-state index < -0.39 is 35.7 Å². The van der Waals surface area contributed by atoms with Crippen molar-refractivity contribution in [3.8, 4) is 23.0 Å². The Morgan fingerprint density at radius 1 is 0.821 bits per heavy atom. The summed E-state index contributed by atoms with van der Waals surface area (Å²) in [6.07, 6.45) is 0. The van der Waals surface area contributed by atoms with Crippen molar-refractivity contribution in [2.24, 2.45) is 5.92 Å². The van der Waals surface area contributed by atoms with E-state index in [1.54, 1.807) is 60.7 Å². The molecule has 2 fully saturated rings. The molecule has 1 N–H and O–H groups in total. The lowest BCUT2D eigenvalue weighted by Gasteiger charge is -2.26. The van der Waals surface area contributed by atoms with Crippen LogP contribution in [0.1, 0.15) is 22.0 Å². The largest absolute Gasteiger partial charge is 0.495 e. The highest BCUT2D eigenvalue weighted by Gasteiger charge is 2.61. The Labute approximate surface area is 233 Å². The monoisotopic (exact) mass is 595 g/mol. The number of hydrazine groups is 1. The van der Waals surface area contributed by atoms with Gasteiger partial charge in [-0.1, -0.05) is 34.1 Å². The molecule has 10 nitrogen and oxygen atoms in total. The van der Waals surface area contributed by atoms with Gasteiger partial charge in [0.15, 0.2) is 11.5 Å². The number of amides is 3. The van der Waals surface area contributed by atoms with E-state index in [0.717, 1.165) is 4.90 Å².